The normalized spacial score (nSPS) is 11.7. The molecule has 0 fully saturated rings. The second-order valence-corrected chi connectivity index (χ2v) is 34.8. The van der Waals surface area contributed by atoms with Crippen LogP contribution in [0.25, 0.3) is 232 Å². The van der Waals surface area contributed by atoms with Crippen LogP contribution in [0.4, 0.5) is 34.1 Å². The number of anilines is 6. The number of furan rings is 4. The Kier molecular flexibility index (Phi) is 18.5. The van der Waals surface area contributed by atoms with Gasteiger partial charge in [-0.3, -0.25) is 0 Å². The minimum Gasteiger partial charge on any atom is -0.456 e. The zero-order valence-corrected chi connectivity index (χ0v) is 72.7. The molecule has 0 radical (unpaired) electrons. The molecule has 0 aliphatic rings. The molecule has 0 N–H and O–H groups in total. The van der Waals surface area contributed by atoms with E-state index in [1.807, 2.05) is 12.1 Å². The quantitative estimate of drug-likeness (QED) is 0.0905. The van der Waals surface area contributed by atoms with E-state index in [2.05, 4.69) is 483 Å². The molecule has 0 aliphatic heterocycles. The van der Waals surface area contributed by atoms with Gasteiger partial charge >= 0.3 is 0 Å². The average molecular weight is 1710 g/mol. The van der Waals surface area contributed by atoms with E-state index in [1.54, 1.807) is 0 Å². The lowest BCUT2D eigenvalue weighted by Gasteiger charge is -2.28. The third kappa shape index (κ3) is 13.3. The fourth-order valence-electron chi connectivity index (χ4n) is 20.7. The van der Waals surface area contributed by atoms with Gasteiger partial charge in [0, 0.05) is 87.7 Å². The maximum atomic E-state index is 7.11. The molecule has 0 spiro atoms. The molecule has 626 valence electrons. The first kappa shape index (κ1) is 77.3. The lowest BCUT2D eigenvalue weighted by molar-refractivity contribution is 0.668. The van der Waals surface area contributed by atoms with Crippen molar-refractivity contribution in [3.63, 3.8) is 0 Å². The molecule has 134 heavy (non-hydrogen) atoms. The van der Waals surface area contributed by atoms with Crippen molar-refractivity contribution in [2.24, 2.45) is 0 Å². The molecule has 26 rings (SSSR count). The topological polar surface area (TPSA) is 59.0 Å². The number of rotatable bonds is 17. The predicted molar refractivity (Wildman–Crippen MR) is 560 cm³/mol. The van der Waals surface area contributed by atoms with E-state index >= 15 is 0 Å². The van der Waals surface area contributed by atoms with Gasteiger partial charge in [-0.25, -0.2) is 0 Å². The van der Waals surface area contributed by atoms with Gasteiger partial charge in [-0.2, -0.15) is 0 Å². The van der Waals surface area contributed by atoms with Gasteiger partial charge in [0.25, 0.3) is 0 Å². The van der Waals surface area contributed by atoms with Crippen molar-refractivity contribution in [2.45, 2.75) is 0 Å². The van der Waals surface area contributed by atoms with Gasteiger partial charge in [0.1, 0.15) is 44.7 Å². The van der Waals surface area contributed by atoms with Crippen molar-refractivity contribution in [1.82, 2.24) is 0 Å². The van der Waals surface area contributed by atoms with Crippen molar-refractivity contribution in [1.29, 1.82) is 0 Å². The molecule has 0 aliphatic carbocycles. The van der Waals surface area contributed by atoms with Crippen molar-refractivity contribution in [3.8, 4) is 122 Å². The van der Waals surface area contributed by atoms with Crippen molar-refractivity contribution in [2.75, 3.05) is 9.80 Å². The first-order valence-corrected chi connectivity index (χ1v) is 45.7. The minimum atomic E-state index is 0.819. The third-order valence-electron chi connectivity index (χ3n) is 27.1. The fraction of sp³-hybridized carbons (Fsp3) is 0. The molecule has 4 heterocycles. The van der Waals surface area contributed by atoms with Gasteiger partial charge in [-0.1, -0.05) is 340 Å². The molecule has 26 aromatic rings. The highest BCUT2D eigenvalue weighted by molar-refractivity contribution is 6.22. The van der Waals surface area contributed by atoms with E-state index in [1.165, 1.54) is 44.5 Å². The molecular weight excluding hydrogens is 1630 g/mol. The Morgan fingerprint density at radius 1 is 0.134 bits per heavy atom. The van der Waals surface area contributed by atoms with E-state index in [0.717, 1.165) is 221 Å². The highest BCUT2D eigenvalue weighted by Gasteiger charge is 2.27. The Labute approximate surface area is 773 Å². The van der Waals surface area contributed by atoms with Crippen molar-refractivity contribution in [3.05, 3.63) is 485 Å². The summed E-state index contributed by atoms with van der Waals surface area (Å²) in [7, 11) is 0. The Balaban J connectivity index is 0.525. The summed E-state index contributed by atoms with van der Waals surface area (Å²) >= 11 is 0. The SMILES string of the molecule is c1ccc(-c2ccc(-c3ccc(N(c4ccc(-c5ccc6c(c5)oc5cc(-c7ccc8c(ccc9c8oc8cccc(-c%10ccccc%10N(c%10ccc(-c%11ccc(-c%12ccccc%12)c(-c%12ccccc%12)c%11)cc%10)c%10ccc(-c%11cccc%12oc%13ccccc%13c%11%12)cc%10)c89)c7)ccc56)cc4)c4ccccc4-c4cccc5oc6c7ccccc7ccc6c45)cc3)cc2-c2ccccc2)cc1. The molecule has 4 aromatic heterocycles. The number of benzene rings is 22. The number of hydrogen-bond donors (Lipinski definition) is 0. The Morgan fingerprint density at radius 3 is 0.925 bits per heavy atom. The van der Waals surface area contributed by atoms with Crippen LogP contribution in [0, 0.1) is 0 Å². The van der Waals surface area contributed by atoms with Gasteiger partial charge < -0.3 is 27.5 Å². The Bertz CT molecular complexity index is 9090. The van der Waals surface area contributed by atoms with E-state index < -0.39 is 0 Å². The summed E-state index contributed by atoms with van der Waals surface area (Å²) in [6.07, 6.45) is 0. The van der Waals surface area contributed by atoms with Crippen LogP contribution in [0.2, 0.25) is 0 Å². The number of nitrogens with zero attached hydrogens (tertiary/aromatic N) is 2. The van der Waals surface area contributed by atoms with Gasteiger partial charge in [0.2, 0.25) is 0 Å². The molecule has 6 nitrogen and oxygen atoms in total. The molecule has 0 bridgehead atoms. The summed E-state index contributed by atoms with van der Waals surface area (Å²) in [6.45, 7) is 0. The molecular formula is C128H80N2O4. The molecule has 0 saturated heterocycles. The molecule has 22 aromatic carbocycles. The summed E-state index contributed by atoms with van der Waals surface area (Å²) in [6, 6.07) is 175. The first-order chi connectivity index (χ1) is 66.4. The Morgan fingerprint density at radius 2 is 0.440 bits per heavy atom. The second-order valence-electron chi connectivity index (χ2n) is 34.8. The van der Waals surface area contributed by atoms with Crippen LogP contribution < -0.4 is 9.80 Å². The van der Waals surface area contributed by atoms with Crippen molar-refractivity contribution >= 4 is 143 Å². The average Bonchev–Trinajstić information content (AvgIpc) is 1.57. The van der Waals surface area contributed by atoms with Crippen LogP contribution in [0.1, 0.15) is 0 Å². The lowest BCUT2D eigenvalue weighted by atomic mass is 9.91. The predicted octanol–water partition coefficient (Wildman–Crippen LogP) is 36.9. The second kappa shape index (κ2) is 32.1. The van der Waals surface area contributed by atoms with Crippen LogP contribution in [0.3, 0.4) is 0 Å². The van der Waals surface area contributed by atoms with Crippen LogP contribution in [-0.2, 0) is 0 Å². The Hall–Kier alpha value is -17.8. The monoisotopic (exact) mass is 1710 g/mol. The highest BCUT2D eigenvalue weighted by atomic mass is 16.3. The van der Waals surface area contributed by atoms with Crippen LogP contribution in [0.5, 0.6) is 0 Å². The maximum absolute atomic E-state index is 7.11. The number of fused-ring (bicyclic) bond motifs is 16. The standard InChI is InChI=1S/C128H80N2O4/c1-5-24-84(25-6-1)100-69-55-91(77-114(100)86-28-9-3-10-29-86)81-46-61-96(62-47-81)129(116-40-18-15-34-105(116)109-38-22-44-120-125(109)112-74-54-88-32-13-14-33-103(88)127(112)133-120)98-65-50-83(51-66-98)93-58-72-107-108-73-59-94(80-123(108)132-122(107)79-93)90-57-71-104-95(76-90)60-75-113-126-110(39-23-45-121(126)134-128(104)113)106-35-16-19-41-117(106)130(99-67-52-89(53-68-99)102-37-21-43-119-124(102)111-36-17-20-42-118(111)131-119)97-63-48-82(49-64-97)92-56-70-101(85-26-7-2-8-27-85)115(78-92)87-30-11-4-12-31-87/h1-80H. The maximum Gasteiger partial charge on any atom is 0.143 e. The molecule has 0 atom stereocenters. The molecule has 0 saturated carbocycles. The summed E-state index contributed by atoms with van der Waals surface area (Å²) in [5.41, 5.74) is 37.8. The third-order valence-corrected chi connectivity index (χ3v) is 27.1. The number of hydrogen-bond acceptors (Lipinski definition) is 6. The first-order valence-electron chi connectivity index (χ1n) is 45.7. The summed E-state index contributed by atoms with van der Waals surface area (Å²) in [5.74, 6) is 0. The summed E-state index contributed by atoms with van der Waals surface area (Å²) in [5, 5.41) is 13.0. The van der Waals surface area contributed by atoms with Gasteiger partial charge in [0.15, 0.2) is 0 Å². The summed E-state index contributed by atoms with van der Waals surface area (Å²) < 4.78 is 27.3. The minimum absolute atomic E-state index is 0.819. The van der Waals surface area contributed by atoms with E-state index in [4.69, 9.17) is 17.7 Å². The van der Waals surface area contributed by atoms with Gasteiger partial charge in [-0.15, -0.1) is 0 Å². The highest BCUT2D eigenvalue weighted by Crippen LogP contribution is 2.52. The zero-order valence-electron chi connectivity index (χ0n) is 72.7. The largest absolute Gasteiger partial charge is 0.456 e. The fourth-order valence-corrected chi connectivity index (χ4v) is 20.7. The van der Waals surface area contributed by atoms with E-state index in [-0.39, 0.29) is 0 Å². The van der Waals surface area contributed by atoms with Crippen LogP contribution >= 0.6 is 0 Å². The van der Waals surface area contributed by atoms with Crippen LogP contribution in [0.15, 0.2) is 503 Å². The molecule has 0 unspecified atom stereocenters. The van der Waals surface area contributed by atoms with Gasteiger partial charge in [-0.05, 0) is 268 Å². The van der Waals surface area contributed by atoms with E-state index in [9.17, 15) is 0 Å². The summed E-state index contributed by atoms with van der Waals surface area (Å²) in [4.78, 5) is 4.80. The van der Waals surface area contributed by atoms with Crippen LogP contribution in [-0.4, -0.2) is 0 Å². The molecule has 6 heteroatoms. The molecule has 0 amide bonds. The lowest BCUT2D eigenvalue weighted by Crippen LogP contribution is -2.11. The van der Waals surface area contributed by atoms with Crippen molar-refractivity contribution < 1.29 is 17.7 Å². The van der Waals surface area contributed by atoms with Gasteiger partial charge in [0.05, 0.1) is 11.4 Å². The van der Waals surface area contributed by atoms with E-state index in [0.29, 0.717) is 0 Å². The smallest absolute Gasteiger partial charge is 0.143 e. The zero-order chi connectivity index (χ0) is 88.3. The number of para-hydroxylation sites is 3.